The molecular weight excluding hydrogens is 302 g/mol. The third-order valence-electron chi connectivity index (χ3n) is 4.04. The molecule has 2 saturated heterocycles. The normalized spacial score (nSPS) is 53.5. The van der Waals surface area contributed by atoms with Gasteiger partial charge >= 0.3 is 0 Å². The van der Waals surface area contributed by atoms with Gasteiger partial charge in [0, 0.05) is 0 Å². The second kappa shape index (κ2) is 7.01. The molecule has 0 aromatic rings. The molecule has 2 rings (SSSR count). The average Bonchev–Trinajstić information content (AvgIpc) is 2.49. The Hall–Kier alpha value is -0.400. The Morgan fingerprint density at radius 1 is 0.955 bits per heavy atom. The van der Waals surface area contributed by atoms with Gasteiger partial charge in [0.2, 0.25) is 0 Å². The van der Waals surface area contributed by atoms with Gasteiger partial charge in [-0.05, 0) is 6.92 Å². The lowest BCUT2D eigenvalue weighted by Crippen LogP contribution is -2.65. The van der Waals surface area contributed by atoms with E-state index in [0.717, 1.165) is 0 Å². The molecule has 0 spiro atoms. The van der Waals surface area contributed by atoms with E-state index in [9.17, 15) is 25.5 Å². The van der Waals surface area contributed by atoms with Crippen molar-refractivity contribution in [1.82, 2.24) is 0 Å². The van der Waals surface area contributed by atoms with E-state index in [-0.39, 0.29) is 0 Å². The molecule has 2 aliphatic rings. The molecule has 0 aromatic carbocycles. The molecular formula is C12H23NO9. The lowest BCUT2D eigenvalue weighted by Gasteiger charge is -2.45. The summed E-state index contributed by atoms with van der Waals surface area (Å²) in [4.78, 5) is 0. The summed E-state index contributed by atoms with van der Waals surface area (Å²) in [6, 6.07) is -1.02. The first kappa shape index (κ1) is 17.9. The van der Waals surface area contributed by atoms with Crippen LogP contribution in [-0.4, -0.2) is 98.6 Å². The van der Waals surface area contributed by atoms with Crippen LogP contribution in [0.15, 0.2) is 0 Å². The number of aliphatic hydroxyl groups is 6. The van der Waals surface area contributed by atoms with Gasteiger partial charge in [-0.15, -0.1) is 0 Å². The first-order valence-electron chi connectivity index (χ1n) is 7.01. The number of hydrogen-bond acceptors (Lipinski definition) is 10. The van der Waals surface area contributed by atoms with Crippen molar-refractivity contribution in [3.8, 4) is 0 Å². The Morgan fingerprint density at radius 2 is 1.59 bits per heavy atom. The highest BCUT2D eigenvalue weighted by molar-refractivity contribution is 4.94. The summed E-state index contributed by atoms with van der Waals surface area (Å²) in [7, 11) is 0. The zero-order valence-corrected chi connectivity index (χ0v) is 12.0. The van der Waals surface area contributed by atoms with Crippen molar-refractivity contribution >= 4 is 0 Å². The molecule has 10 nitrogen and oxygen atoms in total. The molecule has 0 unspecified atom stereocenters. The van der Waals surface area contributed by atoms with Crippen molar-refractivity contribution in [3.63, 3.8) is 0 Å². The maximum Gasteiger partial charge on any atom is 0.187 e. The van der Waals surface area contributed by atoms with E-state index in [2.05, 4.69) is 0 Å². The van der Waals surface area contributed by atoms with Gasteiger partial charge in [-0.25, -0.2) is 0 Å². The van der Waals surface area contributed by atoms with Crippen LogP contribution in [0, 0.1) is 0 Å². The van der Waals surface area contributed by atoms with Crippen molar-refractivity contribution in [2.45, 2.75) is 68.3 Å². The number of rotatable bonds is 3. The highest BCUT2D eigenvalue weighted by Gasteiger charge is 2.48. The monoisotopic (exact) mass is 325 g/mol. The summed E-state index contributed by atoms with van der Waals surface area (Å²) >= 11 is 0. The van der Waals surface area contributed by atoms with Gasteiger partial charge in [0.25, 0.3) is 0 Å². The summed E-state index contributed by atoms with van der Waals surface area (Å²) in [5.41, 5.74) is 5.68. The number of ether oxygens (including phenoxy) is 3. The van der Waals surface area contributed by atoms with Crippen LogP contribution in [0.5, 0.6) is 0 Å². The second-order valence-corrected chi connectivity index (χ2v) is 5.60. The smallest absolute Gasteiger partial charge is 0.187 e. The molecule has 0 bridgehead atoms. The van der Waals surface area contributed by atoms with Crippen LogP contribution < -0.4 is 5.73 Å². The molecule has 2 heterocycles. The standard InChI is InChI=1S/C12H23NO9/c1-3-6(15)8(17)9(18)12(20-3)22-10-7(16)5(13)4(2-14)21-11(10)19/h3-12,14-19H,2,13H2,1H3/t3-,4+,5-,6+,7-,8+,9-,10+,11+,12-/m0/s1. The molecule has 0 aliphatic carbocycles. The first-order valence-corrected chi connectivity index (χ1v) is 7.01. The molecule has 10 heteroatoms. The maximum absolute atomic E-state index is 10.1. The van der Waals surface area contributed by atoms with Crippen LogP contribution in [0.4, 0.5) is 0 Å². The van der Waals surface area contributed by atoms with Gasteiger partial charge in [0.05, 0.1) is 18.8 Å². The largest absolute Gasteiger partial charge is 0.394 e. The third-order valence-corrected chi connectivity index (χ3v) is 4.04. The van der Waals surface area contributed by atoms with Crippen molar-refractivity contribution < 1.29 is 44.8 Å². The summed E-state index contributed by atoms with van der Waals surface area (Å²) in [5, 5.41) is 58.1. The Balaban J connectivity index is 2.06. The quantitative estimate of drug-likeness (QED) is 0.268. The molecule has 8 N–H and O–H groups in total. The van der Waals surface area contributed by atoms with Gasteiger partial charge in [-0.3, -0.25) is 0 Å². The van der Waals surface area contributed by atoms with Crippen molar-refractivity contribution in [1.29, 1.82) is 0 Å². The highest BCUT2D eigenvalue weighted by atomic mass is 16.7. The van der Waals surface area contributed by atoms with E-state index >= 15 is 0 Å². The number of aliphatic hydroxyl groups excluding tert-OH is 6. The zero-order valence-electron chi connectivity index (χ0n) is 12.0. The van der Waals surface area contributed by atoms with Gasteiger partial charge in [0.15, 0.2) is 12.6 Å². The minimum absolute atomic E-state index is 0.494. The SMILES string of the molecule is C[C@@H]1O[C@@H](O[C@@H]2[C@@H](O)[C@@H](N)[C@@H](CO)O[C@H]2O)[C@@H](O)[C@H](O)[C@@H]1O. The van der Waals surface area contributed by atoms with Crippen molar-refractivity contribution in [2.24, 2.45) is 5.73 Å². The van der Waals surface area contributed by atoms with Gasteiger partial charge in [0.1, 0.15) is 36.6 Å². The first-order chi connectivity index (χ1) is 10.3. The highest BCUT2D eigenvalue weighted by Crippen LogP contribution is 2.27. The average molecular weight is 325 g/mol. The van der Waals surface area contributed by atoms with Crippen LogP contribution in [0.1, 0.15) is 6.92 Å². The van der Waals surface area contributed by atoms with E-state index < -0.39 is 68.0 Å². The Bertz CT molecular complexity index is 373. The van der Waals surface area contributed by atoms with E-state index in [1.807, 2.05) is 0 Å². The van der Waals surface area contributed by atoms with E-state index in [1.54, 1.807) is 0 Å². The molecule has 130 valence electrons. The Morgan fingerprint density at radius 3 is 2.18 bits per heavy atom. The van der Waals surface area contributed by atoms with Gasteiger partial charge in [-0.2, -0.15) is 0 Å². The molecule has 2 aliphatic heterocycles. The van der Waals surface area contributed by atoms with Crippen LogP contribution in [0.2, 0.25) is 0 Å². The topological polar surface area (TPSA) is 175 Å². The minimum Gasteiger partial charge on any atom is -0.394 e. The molecule has 0 aromatic heterocycles. The Kier molecular flexibility index (Phi) is 5.72. The van der Waals surface area contributed by atoms with E-state index in [1.165, 1.54) is 6.92 Å². The Labute approximate surface area is 126 Å². The zero-order chi connectivity index (χ0) is 16.6. The molecule has 0 radical (unpaired) electrons. The summed E-state index contributed by atoms with van der Waals surface area (Å²) < 4.78 is 15.5. The van der Waals surface area contributed by atoms with Crippen molar-refractivity contribution in [3.05, 3.63) is 0 Å². The number of hydrogen-bond donors (Lipinski definition) is 7. The third kappa shape index (κ3) is 3.26. The lowest BCUT2D eigenvalue weighted by molar-refractivity contribution is -0.349. The molecule has 2 fully saturated rings. The fourth-order valence-electron chi connectivity index (χ4n) is 2.55. The van der Waals surface area contributed by atoms with Crippen molar-refractivity contribution in [2.75, 3.05) is 6.61 Å². The number of nitrogens with two attached hydrogens (primary N) is 1. The summed E-state index contributed by atoms with van der Waals surface area (Å²) in [5.74, 6) is 0. The van der Waals surface area contributed by atoms with E-state index in [4.69, 9.17) is 25.1 Å². The molecule has 22 heavy (non-hydrogen) atoms. The predicted octanol–water partition coefficient (Wildman–Crippen LogP) is -4.40. The molecule has 0 saturated carbocycles. The fraction of sp³-hybridized carbons (Fsp3) is 1.00. The lowest BCUT2D eigenvalue weighted by atomic mass is 9.96. The van der Waals surface area contributed by atoms with Crippen LogP contribution in [0.3, 0.4) is 0 Å². The van der Waals surface area contributed by atoms with Gasteiger partial charge in [-0.1, -0.05) is 0 Å². The van der Waals surface area contributed by atoms with Crippen LogP contribution in [0.25, 0.3) is 0 Å². The molecule has 10 atom stereocenters. The molecule has 0 amide bonds. The van der Waals surface area contributed by atoms with E-state index in [0.29, 0.717) is 0 Å². The summed E-state index contributed by atoms with van der Waals surface area (Å²) in [6.45, 7) is 0.973. The van der Waals surface area contributed by atoms with Crippen LogP contribution in [-0.2, 0) is 14.2 Å². The predicted molar refractivity (Wildman–Crippen MR) is 69.2 cm³/mol. The van der Waals surface area contributed by atoms with Crippen LogP contribution >= 0.6 is 0 Å². The fourth-order valence-corrected chi connectivity index (χ4v) is 2.55. The second-order valence-electron chi connectivity index (χ2n) is 5.60. The minimum atomic E-state index is -1.61. The van der Waals surface area contributed by atoms with Gasteiger partial charge < -0.3 is 50.6 Å². The summed E-state index contributed by atoms with van der Waals surface area (Å²) in [6.07, 6.45) is -11.9. The maximum atomic E-state index is 10.1.